The first-order valence-electron chi connectivity index (χ1n) is 10.8. The summed E-state index contributed by atoms with van der Waals surface area (Å²) in [6, 6.07) is 3.03. The predicted octanol–water partition coefficient (Wildman–Crippen LogP) is 2.85. The maximum atomic E-state index is 14.4. The van der Waals surface area contributed by atoms with Crippen LogP contribution in [0.1, 0.15) is 31.7 Å². The van der Waals surface area contributed by atoms with Gasteiger partial charge in [-0.05, 0) is 31.9 Å². The van der Waals surface area contributed by atoms with E-state index in [4.69, 9.17) is 10.5 Å². The van der Waals surface area contributed by atoms with Gasteiger partial charge >= 0.3 is 6.01 Å². The van der Waals surface area contributed by atoms with Gasteiger partial charge in [-0.1, -0.05) is 0 Å². The van der Waals surface area contributed by atoms with E-state index in [1.807, 2.05) is 0 Å². The van der Waals surface area contributed by atoms with Crippen LogP contribution in [0.15, 0.2) is 24.5 Å². The van der Waals surface area contributed by atoms with Gasteiger partial charge in [0.25, 0.3) is 0 Å². The highest BCUT2D eigenvalue weighted by molar-refractivity contribution is 6.14. The first kappa shape index (κ1) is 21.3. The number of benzene rings is 1. The number of hydrogen-bond donors (Lipinski definition) is 4. The van der Waals surface area contributed by atoms with Crippen LogP contribution >= 0.6 is 0 Å². The van der Waals surface area contributed by atoms with E-state index in [1.165, 1.54) is 24.5 Å². The fourth-order valence-corrected chi connectivity index (χ4v) is 4.20. The molecule has 2 atom stereocenters. The zero-order valence-corrected chi connectivity index (χ0v) is 18.3. The molecule has 1 aliphatic heterocycles. The molecule has 33 heavy (non-hydrogen) atoms. The van der Waals surface area contributed by atoms with Crippen LogP contribution in [0.3, 0.4) is 0 Å². The molecule has 4 aromatic rings. The number of nitrogens with zero attached hydrogens (tertiary/aromatic N) is 5. The normalized spacial score (nSPS) is 17.5. The smallest absolute Gasteiger partial charge is 0.326 e. The Labute approximate surface area is 189 Å². The summed E-state index contributed by atoms with van der Waals surface area (Å²) >= 11 is 0. The zero-order valence-electron chi connectivity index (χ0n) is 18.3. The molecule has 5 N–H and O–H groups in total. The molecule has 4 heterocycles. The Hall–Kier alpha value is -3.57. The number of aliphatic hydroxyl groups is 1. The number of fused-ring (bicyclic) bond motifs is 3. The summed E-state index contributed by atoms with van der Waals surface area (Å²) in [6.45, 7) is 2.98. The van der Waals surface area contributed by atoms with Gasteiger partial charge in [-0.2, -0.15) is 9.97 Å². The molecule has 1 unspecified atom stereocenters. The first-order valence-corrected chi connectivity index (χ1v) is 10.8. The molecule has 0 bridgehead atoms. The molecule has 10 nitrogen and oxygen atoms in total. The largest absolute Gasteiger partial charge is 0.421 e. The predicted molar refractivity (Wildman–Crippen MR) is 123 cm³/mol. The molecule has 3 aromatic heterocycles. The monoisotopic (exact) mass is 452 g/mol. The minimum Gasteiger partial charge on any atom is -0.421 e. The van der Waals surface area contributed by atoms with Gasteiger partial charge in [0.1, 0.15) is 23.4 Å². The van der Waals surface area contributed by atoms with Gasteiger partial charge in [-0.15, -0.1) is 0 Å². The van der Waals surface area contributed by atoms with Gasteiger partial charge in [-0.25, -0.2) is 14.4 Å². The van der Waals surface area contributed by atoms with Crippen LogP contribution in [0.5, 0.6) is 11.8 Å². The fraction of sp³-hybridized carbons (Fsp3) is 0.364. The number of anilines is 2. The van der Waals surface area contributed by atoms with Gasteiger partial charge in [0.15, 0.2) is 11.6 Å². The van der Waals surface area contributed by atoms with Gasteiger partial charge < -0.3 is 30.8 Å². The van der Waals surface area contributed by atoms with E-state index in [0.717, 1.165) is 24.9 Å². The lowest BCUT2D eigenvalue weighted by Crippen LogP contribution is -2.43. The minimum atomic E-state index is -0.783. The number of ether oxygens (including phenoxy) is 1. The summed E-state index contributed by atoms with van der Waals surface area (Å²) in [4.78, 5) is 22.8. The first-order chi connectivity index (χ1) is 15.9. The Morgan fingerprint density at radius 2 is 2.09 bits per heavy atom. The third-order valence-corrected chi connectivity index (χ3v) is 5.74. The maximum absolute atomic E-state index is 14.4. The molecule has 0 aliphatic carbocycles. The molecule has 0 saturated carbocycles. The molecule has 1 aromatic carbocycles. The minimum absolute atomic E-state index is 0.0179. The Morgan fingerprint density at radius 3 is 2.79 bits per heavy atom. The van der Waals surface area contributed by atoms with Crippen LogP contribution in [-0.2, 0) is 0 Å². The molecule has 0 amide bonds. The Kier molecular flexibility index (Phi) is 5.43. The van der Waals surface area contributed by atoms with E-state index < -0.39 is 6.10 Å². The van der Waals surface area contributed by atoms with Gasteiger partial charge in [-0.3, -0.25) is 0 Å². The molecule has 1 aliphatic rings. The van der Waals surface area contributed by atoms with E-state index in [2.05, 4.69) is 35.1 Å². The number of H-pyrrole nitrogens is 1. The molecule has 1 saturated heterocycles. The Balaban J connectivity index is 1.65. The molecule has 0 radical (unpaired) electrons. The Morgan fingerprint density at radius 1 is 1.30 bits per heavy atom. The number of rotatable bonds is 5. The third-order valence-electron chi connectivity index (χ3n) is 5.74. The summed E-state index contributed by atoms with van der Waals surface area (Å²) in [6.07, 6.45) is 4.00. The van der Waals surface area contributed by atoms with Crippen molar-refractivity contribution in [3.8, 4) is 11.8 Å². The van der Waals surface area contributed by atoms with Gasteiger partial charge in [0.2, 0.25) is 0 Å². The fourth-order valence-electron chi connectivity index (χ4n) is 4.20. The molecular weight excluding hydrogens is 427 g/mol. The lowest BCUT2D eigenvalue weighted by Gasteiger charge is -2.32. The standard InChI is InChI=1S/C22H25FN8O2/c1-11(32)19-26-8-14(9-27-19)33-22-29-20-17(21(30-22)31-5-3-4-13(24)10-31)15-6-12(23)7-16(25-2)18(15)28-20/h6-9,11,13,25,32H,3-5,10,24H2,1-2H3,(H,28,29,30)/t11?,13-/m1/s1. The number of piperidine rings is 1. The molecular formula is C22H25FN8O2. The summed E-state index contributed by atoms with van der Waals surface area (Å²) in [5.74, 6) is 0.896. The quantitative estimate of drug-likeness (QED) is 0.360. The molecule has 0 spiro atoms. The highest BCUT2D eigenvalue weighted by Gasteiger charge is 2.25. The molecule has 172 valence electrons. The molecule has 11 heteroatoms. The van der Waals surface area contributed by atoms with Crippen molar-refractivity contribution in [1.82, 2.24) is 24.9 Å². The molecule has 5 rings (SSSR count). The molecule has 1 fully saturated rings. The summed E-state index contributed by atoms with van der Waals surface area (Å²) in [5.41, 5.74) is 8.10. The summed E-state index contributed by atoms with van der Waals surface area (Å²) in [5, 5.41) is 14.0. The summed E-state index contributed by atoms with van der Waals surface area (Å²) < 4.78 is 20.3. The van der Waals surface area contributed by atoms with E-state index in [9.17, 15) is 9.50 Å². The number of nitrogens with one attached hydrogen (secondary N) is 2. The van der Waals surface area contributed by atoms with Crippen molar-refractivity contribution in [2.75, 3.05) is 30.4 Å². The van der Waals surface area contributed by atoms with Gasteiger partial charge in [0.05, 0.1) is 29.0 Å². The van der Waals surface area contributed by atoms with Crippen LogP contribution in [0.25, 0.3) is 21.9 Å². The van der Waals surface area contributed by atoms with Crippen LogP contribution in [-0.4, -0.2) is 56.2 Å². The van der Waals surface area contributed by atoms with Crippen molar-refractivity contribution in [3.63, 3.8) is 0 Å². The van der Waals surface area contributed by atoms with E-state index in [-0.39, 0.29) is 17.9 Å². The third kappa shape index (κ3) is 4.00. The maximum Gasteiger partial charge on any atom is 0.326 e. The van der Waals surface area contributed by atoms with E-state index in [1.54, 1.807) is 14.0 Å². The second kappa shape index (κ2) is 8.41. The SMILES string of the molecule is CNc1cc(F)cc2c1[nH]c1nc(Oc3cnc(C(C)O)nc3)nc(N3CCC[C@@H](N)C3)c12. The number of halogens is 1. The van der Waals surface area contributed by atoms with Crippen LogP contribution in [0.4, 0.5) is 15.9 Å². The van der Waals surface area contributed by atoms with Crippen LogP contribution in [0, 0.1) is 5.82 Å². The van der Waals surface area contributed by atoms with Crippen molar-refractivity contribution in [3.05, 3.63) is 36.2 Å². The summed E-state index contributed by atoms with van der Waals surface area (Å²) in [7, 11) is 1.74. The second-order valence-electron chi connectivity index (χ2n) is 8.21. The number of hydrogen-bond acceptors (Lipinski definition) is 9. The average Bonchev–Trinajstić information content (AvgIpc) is 3.16. The van der Waals surface area contributed by atoms with Crippen molar-refractivity contribution in [2.45, 2.75) is 31.9 Å². The van der Waals surface area contributed by atoms with E-state index >= 15 is 0 Å². The lowest BCUT2D eigenvalue weighted by molar-refractivity contribution is 0.188. The number of aliphatic hydroxyl groups excluding tert-OH is 1. The lowest BCUT2D eigenvalue weighted by atomic mass is 10.1. The number of nitrogens with two attached hydrogens (primary N) is 1. The number of aromatic amines is 1. The topological polar surface area (TPSA) is 138 Å². The van der Waals surface area contributed by atoms with E-state index in [0.29, 0.717) is 46.0 Å². The van der Waals surface area contributed by atoms with Crippen molar-refractivity contribution in [1.29, 1.82) is 0 Å². The number of aromatic nitrogens is 5. The van der Waals surface area contributed by atoms with Crippen molar-refractivity contribution >= 4 is 33.4 Å². The van der Waals surface area contributed by atoms with Crippen LogP contribution < -0.4 is 20.7 Å². The van der Waals surface area contributed by atoms with Crippen molar-refractivity contribution < 1.29 is 14.2 Å². The highest BCUT2D eigenvalue weighted by atomic mass is 19.1. The highest BCUT2D eigenvalue weighted by Crippen LogP contribution is 2.37. The Bertz CT molecular complexity index is 1310. The second-order valence-corrected chi connectivity index (χ2v) is 8.21. The van der Waals surface area contributed by atoms with Crippen molar-refractivity contribution in [2.24, 2.45) is 5.73 Å². The van der Waals surface area contributed by atoms with Gasteiger partial charge in [0, 0.05) is 31.6 Å². The zero-order chi connectivity index (χ0) is 23.1. The average molecular weight is 452 g/mol. The van der Waals surface area contributed by atoms with Crippen LogP contribution in [0.2, 0.25) is 0 Å².